The molecule has 2 unspecified atom stereocenters. The first-order valence-electron chi connectivity index (χ1n) is 10.9. The van der Waals surface area contributed by atoms with Crippen LogP contribution in [0.2, 0.25) is 0 Å². The van der Waals surface area contributed by atoms with Crippen LogP contribution in [0.4, 0.5) is 0 Å². The predicted octanol–water partition coefficient (Wildman–Crippen LogP) is 5.66. The van der Waals surface area contributed by atoms with Crippen molar-refractivity contribution in [2.24, 2.45) is 17.3 Å². The minimum absolute atomic E-state index is 0.171. The molecule has 4 atom stereocenters. The summed E-state index contributed by atoms with van der Waals surface area (Å²) < 4.78 is 22.8. The lowest BCUT2D eigenvalue weighted by Crippen LogP contribution is -2.32. The molecule has 0 heterocycles. The molecule has 0 aliphatic heterocycles. The van der Waals surface area contributed by atoms with Crippen molar-refractivity contribution in [2.45, 2.75) is 71.3 Å². The monoisotopic (exact) mass is 416 g/mol. The second-order valence-electron chi connectivity index (χ2n) is 9.49. The molecule has 0 aromatic heterocycles. The van der Waals surface area contributed by atoms with Gasteiger partial charge in [0, 0.05) is 11.7 Å². The van der Waals surface area contributed by atoms with E-state index in [1.54, 1.807) is 0 Å². The molecular weight excluding hydrogens is 380 g/mol. The van der Waals surface area contributed by atoms with Gasteiger partial charge in [-0.1, -0.05) is 61.4 Å². The topological polar surface area (TPSA) is 54.4 Å². The summed E-state index contributed by atoms with van der Waals surface area (Å²) in [5.74, 6) is 0.889. The first-order chi connectivity index (χ1) is 13.6. The van der Waals surface area contributed by atoms with E-state index in [9.17, 15) is 13.5 Å². The molecule has 0 aromatic rings. The number of rotatable bonds is 5. The van der Waals surface area contributed by atoms with Crippen LogP contribution in [0, 0.1) is 17.3 Å². The lowest BCUT2D eigenvalue weighted by atomic mass is 9.62. The smallest absolute Gasteiger partial charge is 0.168 e. The fourth-order valence-electron chi connectivity index (χ4n) is 5.57. The van der Waals surface area contributed by atoms with Crippen LogP contribution in [-0.2, 0) is 9.84 Å². The number of allylic oxidation sites excluding steroid dienone is 7. The molecule has 160 valence electrons. The first kappa shape index (κ1) is 22.3. The number of hydrogen-bond donors (Lipinski definition) is 1. The highest BCUT2D eigenvalue weighted by atomic mass is 32.2. The average Bonchev–Trinajstić information content (AvgIpc) is 2.99. The molecule has 3 aliphatic rings. The minimum atomic E-state index is -3.06. The van der Waals surface area contributed by atoms with Gasteiger partial charge in [-0.2, -0.15) is 0 Å². The van der Waals surface area contributed by atoms with Crippen LogP contribution < -0.4 is 0 Å². The summed E-state index contributed by atoms with van der Waals surface area (Å²) in [7, 11) is -3.06. The van der Waals surface area contributed by atoms with E-state index in [-0.39, 0.29) is 11.5 Å². The molecule has 3 aliphatic carbocycles. The van der Waals surface area contributed by atoms with Gasteiger partial charge in [0.15, 0.2) is 9.84 Å². The molecule has 3 rings (SSSR count). The van der Waals surface area contributed by atoms with Crippen LogP contribution in [0.15, 0.2) is 58.6 Å². The van der Waals surface area contributed by atoms with Crippen molar-refractivity contribution in [3.63, 3.8) is 0 Å². The van der Waals surface area contributed by atoms with Crippen LogP contribution in [0.3, 0.4) is 0 Å². The zero-order valence-corrected chi connectivity index (χ0v) is 19.0. The molecule has 2 fully saturated rings. The molecule has 2 saturated carbocycles. The highest BCUT2D eigenvalue weighted by molar-refractivity contribution is 7.93. The summed E-state index contributed by atoms with van der Waals surface area (Å²) in [6.07, 6.45) is 17.6. The molecule has 0 saturated heterocycles. The van der Waals surface area contributed by atoms with E-state index in [1.807, 2.05) is 6.08 Å². The standard InChI is InChI=1S/C25H36O3S/c1-18-9-12-22(26)17-21(18)11-10-20-8-5-15-25(3)23(13-14-24(20)25)19(2)7-6-16-29(4,27)28/h6,10-11,13,16,19,22,24,26H,1,5,7-9,12,14-15,17H2,2-4H3/b16-6+,20-10+,21-11-/t19?,22?,24-,25+/m0/s1. The molecule has 0 amide bonds. The highest BCUT2D eigenvalue weighted by Gasteiger charge is 2.45. The summed E-state index contributed by atoms with van der Waals surface area (Å²) >= 11 is 0. The maximum Gasteiger partial charge on any atom is 0.168 e. The van der Waals surface area contributed by atoms with Crippen molar-refractivity contribution in [3.05, 3.63) is 58.6 Å². The summed E-state index contributed by atoms with van der Waals surface area (Å²) in [5.41, 5.74) is 5.56. The summed E-state index contributed by atoms with van der Waals surface area (Å²) in [4.78, 5) is 0. The van der Waals surface area contributed by atoms with Crippen molar-refractivity contribution in [3.8, 4) is 0 Å². The molecule has 0 radical (unpaired) electrons. The van der Waals surface area contributed by atoms with Gasteiger partial charge in [-0.3, -0.25) is 0 Å². The second-order valence-corrected chi connectivity index (χ2v) is 11.4. The SMILES string of the molecule is C=C1CCC(O)C/C1=C/C=C1\CCC[C@]2(C)C(C(C)C/C=C/S(C)(=O)=O)=CC[C@@H]12. The number of aliphatic hydroxyl groups is 1. The molecule has 29 heavy (non-hydrogen) atoms. The Morgan fingerprint density at radius 2 is 2.10 bits per heavy atom. The third kappa shape index (κ3) is 5.21. The van der Waals surface area contributed by atoms with E-state index in [1.165, 1.54) is 46.8 Å². The van der Waals surface area contributed by atoms with Gasteiger partial charge in [0.25, 0.3) is 0 Å². The van der Waals surface area contributed by atoms with Gasteiger partial charge in [0.05, 0.1) is 6.10 Å². The Kier molecular flexibility index (Phi) is 6.74. The summed E-state index contributed by atoms with van der Waals surface area (Å²) in [6.45, 7) is 8.81. The van der Waals surface area contributed by atoms with Crippen LogP contribution in [0.25, 0.3) is 0 Å². The number of aliphatic hydroxyl groups excluding tert-OH is 1. The maximum atomic E-state index is 11.4. The quantitative estimate of drug-likeness (QED) is 0.588. The predicted molar refractivity (Wildman–Crippen MR) is 121 cm³/mol. The second kappa shape index (κ2) is 8.77. The van der Waals surface area contributed by atoms with Gasteiger partial charge < -0.3 is 5.11 Å². The van der Waals surface area contributed by atoms with Crippen molar-refractivity contribution < 1.29 is 13.5 Å². The van der Waals surface area contributed by atoms with E-state index in [0.717, 1.165) is 38.5 Å². The van der Waals surface area contributed by atoms with Crippen molar-refractivity contribution in [2.75, 3.05) is 6.26 Å². The van der Waals surface area contributed by atoms with Crippen molar-refractivity contribution in [1.29, 1.82) is 0 Å². The Hall–Kier alpha value is -1.39. The van der Waals surface area contributed by atoms with Crippen molar-refractivity contribution in [1.82, 2.24) is 0 Å². The number of hydrogen-bond acceptors (Lipinski definition) is 3. The van der Waals surface area contributed by atoms with Gasteiger partial charge >= 0.3 is 0 Å². The minimum Gasteiger partial charge on any atom is -0.393 e. The highest BCUT2D eigenvalue weighted by Crippen LogP contribution is 2.56. The van der Waals surface area contributed by atoms with Crippen LogP contribution in [0.5, 0.6) is 0 Å². The maximum absolute atomic E-state index is 11.4. The molecule has 3 nitrogen and oxygen atoms in total. The van der Waals surface area contributed by atoms with E-state index < -0.39 is 9.84 Å². The Labute approximate surface area is 176 Å². The van der Waals surface area contributed by atoms with E-state index in [2.05, 4.69) is 38.7 Å². The third-order valence-electron chi connectivity index (χ3n) is 7.16. The van der Waals surface area contributed by atoms with Crippen LogP contribution >= 0.6 is 0 Å². The molecular formula is C25H36O3S. The normalized spacial score (nSPS) is 34.6. The Balaban J connectivity index is 1.75. The fraction of sp³-hybridized carbons (Fsp3) is 0.600. The summed E-state index contributed by atoms with van der Waals surface area (Å²) in [5, 5.41) is 11.3. The van der Waals surface area contributed by atoms with Gasteiger partial charge in [0.1, 0.15) is 0 Å². The van der Waals surface area contributed by atoms with Gasteiger partial charge in [-0.15, -0.1) is 0 Å². The molecule has 4 heteroatoms. The lowest BCUT2D eigenvalue weighted by molar-refractivity contribution is 0.158. The van der Waals surface area contributed by atoms with Crippen molar-refractivity contribution >= 4 is 9.84 Å². The average molecular weight is 417 g/mol. The number of sulfone groups is 1. The Morgan fingerprint density at radius 1 is 1.34 bits per heavy atom. The van der Waals surface area contributed by atoms with E-state index in [0.29, 0.717) is 11.8 Å². The zero-order valence-electron chi connectivity index (χ0n) is 18.2. The zero-order chi connectivity index (χ0) is 21.2. The lowest BCUT2D eigenvalue weighted by Gasteiger charge is -2.42. The number of fused-ring (bicyclic) bond motifs is 1. The Morgan fingerprint density at radius 3 is 2.83 bits per heavy atom. The third-order valence-corrected chi connectivity index (χ3v) is 7.85. The molecule has 0 spiro atoms. The first-order valence-corrected chi connectivity index (χ1v) is 12.9. The van der Waals surface area contributed by atoms with Gasteiger partial charge in [-0.25, -0.2) is 8.42 Å². The Bertz CT molecular complexity index is 872. The molecule has 1 N–H and O–H groups in total. The van der Waals surface area contributed by atoms with Crippen LogP contribution in [-0.4, -0.2) is 25.9 Å². The van der Waals surface area contributed by atoms with Gasteiger partial charge in [-0.05, 0) is 74.2 Å². The molecule has 0 bridgehead atoms. The van der Waals surface area contributed by atoms with E-state index >= 15 is 0 Å². The summed E-state index contributed by atoms with van der Waals surface area (Å²) in [6, 6.07) is 0. The molecule has 0 aromatic carbocycles. The fourth-order valence-corrected chi connectivity index (χ4v) is 6.03. The largest absolute Gasteiger partial charge is 0.393 e. The van der Waals surface area contributed by atoms with E-state index in [4.69, 9.17) is 0 Å². The van der Waals surface area contributed by atoms with Gasteiger partial charge in [0.2, 0.25) is 0 Å². The van der Waals surface area contributed by atoms with Crippen LogP contribution in [0.1, 0.15) is 65.2 Å².